The van der Waals surface area contributed by atoms with E-state index in [1.807, 2.05) is 20.9 Å². The summed E-state index contributed by atoms with van der Waals surface area (Å²) in [6.45, 7) is 19.4. The summed E-state index contributed by atoms with van der Waals surface area (Å²) >= 11 is 0. The first-order valence-corrected chi connectivity index (χ1v) is 10.7. The van der Waals surface area contributed by atoms with Crippen LogP contribution in [0.3, 0.4) is 0 Å². The van der Waals surface area contributed by atoms with Gasteiger partial charge >= 0.3 is 0 Å². The Kier molecular flexibility index (Phi) is 9.98. The lowest BCUT2D eigenvalue weighted by atomic mass is 9.71. The number of halogens is 2. The van der Waals surface area contributed by atoms with E-state index in [2.05, 4.69) is 39.2 Å². The highest BCUT2D eigenvalue weighted by molar-refractivity contribution is 5.47. The molecule has 0 aliphatic heterocycles. The van der Waals surface area contributed by atoms with E-state index in [0.717, 1.165) is 54.5 Å². The largest absolute Gasteiger partial charge is 0.320 e. The summed E-state index contributed by atoms with van der Waals surface area (Å²) in [6.07, 6.45) is 4.66. The van der Waals surface area contributed by atoms with Gasteiger partial charge in [0.2, 0.25) is 0 Å². The van der Waals surface area contributed by atoms with E-state index < -0.39 is 11.6 Å². The molecule has 162 valence electrons. The first kappa shape index (κ1) is 25.3. The molecular formula is C26H39F2N. The molecule has 0 spiro atoms. The second kappa shape index (κ2) is 11.4. The van der Waals surface area contributed by atoms with Gasteiger partial charge in [0.1, 0.15) is 0 Å². The Hall–Kier alpha value is -1.74. The van der Waals surface area contributed by atoms with Crippen LogP contribution in [0.1, 0.15) is 71.4 Å². The quantitative estimate of drug-likeness (QED) is 0.285. The maximum atomic E-state index is 15.0. The maximum absolute atomic E-state index is 15.0. The van der Waals surface area contributed by atoms with Gasteiger partial charge in [-0.25, -0.2) is 8.78 Å². The molecule has 0 fully saturated rings. The van der Waals surface area contributed by atoms with Gasteiger partial charge in [-0.1, -0.05) is 62.3 Å². The zero-order valence-corrected chi connectivity index (χ0v) is 19.3. The molecule has 1 rings (SSSR count). The normalized spacial score (nSPS) is 13.1. The molecule has 0 amide bonds. The van der Waals surface area contributed by atoms with E-state index in [1.54, 1.807) is 12.1 Å². The standard InChI is InChI=1S/C26H39F2N/c1-9-10-12-21-13-14-22(25(28)24(21)27)17-26(7,15-11-16-29-8)20(6)23(18(2)3)19(4)5/h13-14,29H,2,4,9-12,15-17H2,1,3,5-8H3. The van der Waals surface area contributed by atoms with Crippen LogP contribution in [0, 0.1) is 17.0 Å². The summed E-state index contributed by atoms with van der Waals surface area (Å²) in [7, 11) is 1.93. The smallest absolute Gasteiger partial charge is 0.162 e. The van der Waals surface area contributed by atoms with E-state index in [0.29, 0.717) is 24.0 Å². The SMILES string of the molecule is C=C(C)C(C(=C)C)=C(C)C(C)(CCCNC)Cc1ccc(CCCC)c(F)c1F. The number of aryl methyl sites for hydroxylation is 1. The Morgan fingerprint density at radius 2 is 1.55 bits per heavy atom. The van der Waals surface area contributed by atoms with Crippen molar-refractivity contribution in [3.63, 3.8) is 0 Å². The van der Waals surface area contributed by atoms with Crippen molar-refractivity contribution >= 4 is 0 Å². The average molecular weight is 404 g/mol. The number of hydrogen-bond acceptors (Lipinski definition) is 1. The average Bonchev–Trinajstić information content (AvgIpc) is 2.64. The third-order valence-corrected chi connectivity index (χ3v) is 5.91. The third kappa shape index (κ3) is 6.64. The Labute approximate surface area is 177 Å². The van der Waals surface area contributed by atoms with Crippen LogP contribution in [-0.4, -0.2) is 13.6 Å². The molecule has 0 aromatic heterocycles. The van der Waals surface area contributed by atoms with E-state index >= 15 is 0 Å². The second-order valence-electron chi connectivity index (χ2n) is 8.62. The van der Waals surface area contributed by atoms with Crippen LogP contribution in [-0.2, 0) is 12.8 Å². The van der Waals surface area contributed by atoms with Gasteiger partial charge in [-0.15, -0.1) is 0 Å². The molecule has 29 heavy (non-hydrogen) atoms. The summed E-state index contributed by atoms with van der Waals surface area (Å²) in [5.74, 6) is -1.38. The molecule has 0 saturated heterocycles. The van der Waals surface area contributed by atoms with Crippen molar-refractivity contribution in [2.75, 3.05) is 13.6 Å². The molecule has 1 nitrogen and oxygen atoms in total. The highest BCUT2D eigenvalue weighted by Crippen LogP contribution is 2.41. The summed E-state index contributed by atoms with van der Waals surface area (Å²) in [6, 6.07) is 3.53. The van der Waals surface area contributed by atoms with Crippen molar-refractivity contribution in [1.29, 1.82) is 0 Å². The van der Waals surface area contributed by atoms with Crippen LogP contribution in [0.5, 0.6) is 0 Å². The van der Waals surface area contributed by atoms with Crippen LogP contribution >= 0.6 is 0 Å². The molecule has 1 unspecified atom stereocenters. The molecule has 1 atom stereocenters. The highest BCUT2D eigenvalue weighted by Gasteiger charge is 2.31. The second-order valence-corrected chi connectivity index (χ2v) is 8.62. The van der Waals surface area contributed by atoms with Crippen LogP contribution in [0.2, 0.25) is 0 Å². The lowest BCUT2D eigenvalue weighted by Gasteiger charge is -2.34. The molecule has 3 heteroatoms. The first-order valence-electron chi connectivity index (χ1n) is 10.7. The van der Waals surface area contributed by atoms with Gasteiger partial charge < -0.3 is 5.32 Å². The fourth-order valence-electron chi connectivity index (χ4n) is 4.12. The van der Waals surface area contributed by atoms with Gasteiger partial charge in [0, 0.05) is 0 Å². The molecule has 0 heterocycles. The van der Waals surface area contributed by atoms with Crippen LogP contribution in [0.25, 0.3) is 0 Å². The van der Waals surface area contributed by atoms with Crippen molar-refractivity contribution in [1.82, 2.24) is 5.32 Å². The predicted octanol–water partition coefficient (Wildman–Crippen LogP) is 7.32. The zero-order chi connectivity index (χ0) is 22.2. The van der Waals surface area contributed by atoms with E-state index in [1.165, 1.54) is 0 Å². The molecule has 0 aliphatic carbocycles. The molecule has 1 N–H and O–H groups in total. The van der Waals surface area contributed by atoms with Crippen molar-refractivity contribution in [2.45, 2.75) is 73.1 Å². The highest BCUT2D eigenvalue weighted by atomic mass is 19.2. The monoisotopic (exact) mass is 403 g/mol. The van der Waals surface area contributed by atoms with Crippen molar-refractivity contribution in [3.8, 4) is 0 Å². The zero-order valence-electron chi connectivity index (χ0n) is 19.3. The summed E-state index contributed by atoms with van der Waals surface area (Å²) in [4.78, 5) is 0. The van der Waals surface area contributed by atoms with Crippen LogP contribution in [0.15, 0.2) is 47.6 Å². The van der Waals surface area contributed by atoms with Crippen LogP contribution in [0.4, 0.5) is 8.78 Å². The van der Waals surface area contributed by atoms with Gasteiger partial charge in [0.15, 0.2) is 11.6 Å². The van der Waals surface area contributed by atoms with E-state index in [-0.39, 0.29) is 5.41 Å². The predicted molar refractivity (Wildman–Crippen MR) is 122 cm³/mol. The molecule has 0 saturated carbocycles. The lowest BCUT2D eigenvalue weighted by Crippen LogP contribution is -2.25. The topological polar surface area (TPSA) is 12.0 Å². The number of hydrogen-bond donors (Lipinski definition) is 1. The summed E-state index contributed by atoms with van der Waals surface area (Å²) in [5, 5.41) is 3.18. The molecule has 1 aromatic rings. The fourth-order valence-corrected chi connectivity index (χ4v) is 4.12. The molecule has 0 radical (unpaired) electrons. The van der Waals surface area contributed by atoms with Gasteiger partial charge in [0.05, 0.1) is 0 Å². The molecule has 1 aromatic carbocycles. The van der Waals surface area contributed by atoms with Gasteiger partial charge in [-0.3, -0.25) is 0 Å². The molecule has 0 bridgehead atoms. The number of nitrogens with one attached hydrogen (secondary N) is 1. The van der Waals surface area contributed by atoms with Crippen molar-refractivity contribution < 1.29 is 8.78 Å². The molecular weight excluding hydrogens is 364 g/mol. The minimum absolute atomic E-state index is 0.317. The first-order chi connectivity index (χ1) is 13.6. The number of allylic oxidation sites excluding steroid dienone is 4. The third-order valence-electron chi connectivity index (χ3n) is 5.91. The Bertz CT molecular complexity index is 744. The fraction of sp³-hybridized carbons (Fsp3) is 0.538. The number of rotatable bonds is 12. The summed E-state index contributed by atoms with van der Waals surface area (Å²) in [5.41, 5.74) is 4.70. The Morgan fingerprint density at radius 3 is 2.07 bits per heavy atom. The minimum Gasteiger partial charge on any atom is -0.320 e. The lowest BCUT2D eigenvalue weighted by molar-refractivity contribution is 0.339. The Balaban J connectivity index is 3.39. The maximum Gasteiger partial charge on any atom is 0.162 e. The molecule has 0 aliphatic rings. The number of unbranched alkanes of at least 4 members (excludes halogenated alkanes) is 1. The van der Waals surface area contributed by atoms with Crippen molar-refractivity contribution in [3.05, 3.63) is 70.3 Å². The van der Waals surface area contributed by atoms with Crippen molar-refractivity contribution in [2.24, 2.45) is 5.41 Å². The summed E-state index contributed by atoms with van der Waals surface area (Å²) < 4.78 is 29.6. The van der Waals surface area contributed by atoms with Gasteiger partial charge in [0.25, 0.3) is 0 Å². The van der Waals surface area contributed by atoms with E-state index in [9.17, 15) is 8.78 Å². The van der Waals surface area contributed by atoms with Gasteiger partial charge in [-0.05, 0) is 88.6 Å². The van der Waals surface area contributed by atoms with Crippen LogP contribution < -0.4 is 5.32 Å². The Morgan fingerprint density at radius 1 is 1.00 bits per heavy atom. The van der Waals surface area contributed by atoms with Gasteiger partial charge in [-0.2, -0.15) is 0 Å². The number of benzene rings is 1. The minimum atomic E-state index is -0.696. The van der Waals surface area contributed by atoms with E-state index in [4.69, 9.17) is 0 Å².